The molecule has 0 aliphatic heterocycles. The smallest absolute Gasteiger partial charge is 0.234 e. The van der Waals surface area contributed by atoms with Gasteiger partial charge in [-0.2, -0.15) is 0 Å². The fourth-order valence-electron chi connectivity index (χ4n) is 2.08. The summed E-state index contributed by atoms with van der Waals surface area (Å²) in [6, 6.07) is 11.9. The maximum atomic E-state index is 12.0. The minimum absolute atomic E-state index is 0.155. The Morgan fingerprint density at radius 3 is 2.00 bits per heavy atom. The molecule has 6 nitrogen and oxygen atoms in total. The van der Waals surface area contributed by atoms with Gasteiger partial charge in [-0.15, -0.1) is 11.8 Å². The number of carbonyl (C=O) groups is 2. The number of carbonyl (C=O) groups excluding carboxylic acids is 2. The van der Waals surface area contributed by atoms with Crippen LogP contribution in [0.15, 0.2) is 42.5 Å². The van der Waals surface area contributed by atoms with E-state index in [0.717, 1.165) is 0 Å². The van der Waals surface area contributed by atoms with Gasteiger partial charge in [0.15, 0.2) is 11.5 Å². The van der Waals surface area contributed by atoms with Crippen molar-refractivity contribution in [2.45, 2.75) is 0 Å². The van der Waals surface area contributed by atoms with Gasteiger partial charge in [-0.3, -0.25) is 9.59 Å². The van der Waals surface area contributed by atoms with Gasteiger partial charge in [-0.25, -0.2) is 0 Å². The molecule has 0 aromatic heterocycles. The molecule has 2 rings (SSSR count). The normalized spacial score (nSPS) is 10.1. The second kappa shape index (κ2) is 9.94. The summed E-state index contributed by atoms with van der Waals surface area (Å²) in [6.45, 7) is 0. The molecule has 0 bridgehead atoms. The second-order valence-electron chi connectivity index (χ2n) is 5.17. The van der Waals surface area contributed by atoms with Gasteiger partial charge in [0.1, 0.15) is 0 Å². The van der Waals surface area contributed by atoms with Crippen LogP contribution < -0.4 is 20.1 Å². The Morgan fingerprint density at radius 1 is 0.885 bits per heavy atom. The molecule has 0 saturated carbocycles. The van der Waals surface area contributed by atoms with Crippen molar-refractivity contribution in [3.63, 3.8) is 0 Å². The standard InChI is InChI=1S/C18H19ClN2O4S/c1-24-15-8-7-14(9-16(15)25-2)21-18(23)11-26-10-17(22)20-13-5-3-12(19)4-6-13/h3-9H,10-11H2,1-2H3,(H,20,22)(H,21,23). The summed E-state index contributed by atoms with van der Waals surface area (Å²) in [6.07, 6.45) is 0. The van der Waals surface area contributed by atoms with E-state index >= 15 is 0 Å². The predicted molar refractivity (Wildman–Crippen MR) is 106 cm³/mol. The predicted octanol–water partition coefficient (Wildman–Crippen LogP) is 3.67. The lowest BCUT2D eigenvalue weighted by atomic mass is 10.2. The molecule has 0 heterocycles. The van der Waals surface area contributed by atoms with Gasteiger partial charge in [0.25, 0.3) is 0 Å². The van der Waals surface area contributed by atoms with Crippen molar-refractivity contribution in [2.24, 2.45) is 0 Å². The number of anilines is 2. The topological polar surface area (TPSA) is 76.7 Å². The van der Waals surface area contributed by atoms with Crippen molar-refractivity contribution in [3.05, 3.63) is 47.5 Å². The van der Waals surface area contributed by atoms with Crippen LogP contribution in [-0.4, -0.2) is 37.5 Å². The highest BCUT2D eigenvalue weighted by atomic mass is 35.5. The molecular weight excluding hydrogens is 376 g/mol. The van der Waals surface area contributed by atoms with Crippen LogP contribution in [0.2, 0.25) is 5.02 Å². The third kappa shape index (κ3) is 6.16. The molecule has 2 aromatic carbocycles. The number of thioether (sulfide) groups is 1. The van der Waals surface area contributed by atoms with Crippen molar-refractivity contribution in [3.8, 4) is 11.5 Å². The van der Waals surface area contributed by atoms with E-state index in [2.05, 4.69) is 10.6 Å². The van der Waals surface area contributed by atoms with Crippen molar-refractivity contribution in [1.82, 2.24) is 0 Å². The van der Waals surface area contributed by atoms with Crippen LogP contribution in [-0.2, 0) is 9.59 Å². The second-order valence-corrected chi connectivity index (χ2v) is 6.59. The van der Waals surface area contributed by atoms with Crippen molar-refractivity contribution in [2.75, 3.05) is 36.4 Å². The Balaban J connectivity index is 1.76. The first-order chi connectivity index (χ1) is 12.5. The number of hydrogen-bond donors (Lipinski definition) is 2. The number of hydrogen-bond acceptors (Lipinski definition) is 5. The van der Waals surface area contributed by atoms with E-state index in [0.29, 0.717) is 27.9 Å². The third-order valence-electron chi connectivity index (χ3n) is 3.26. The van der Waals surface area contributed by atoms with Gasteiger partial charge in [-0.05, 0) is 36.4 Å². The Bertz CT molecular complexity index is 768. The lowest BCUT2D eigenvalue weighted by molar-refractivity contribution is -0.114. The first-order valence-electron chi connectivity index (χ1n) is 7.67. The third-order valence-corrected chi connectivity index (χ3v) is 4.45. The van der Waals surface area contributed by atoms with E-state index in [1.54, 1.807) is 49.6 Å². The molecule has 0 aliphatic carbocycles. The quantitative estimate of drug-likeness (QED) is 0.714. The average molecular weight is 395 g/mol. The molecule has 0 atom stereocenters. The van der Waals surface area contributed by atoms with Gasteiger partial charge < -0.3 is 20.1 Å². The molecular formula is C18H19ClN2O4S. The largest absolute Gasteiger partial charge is 0.493 e. The molecule has 2 N–H and O–H groups in total. The minimum atomic E-state index is -0.207. The number of amides is 2. The van der Waals surface area contributed by atoms with Crippen LogP contribution in [0.25, 0.3) is 0 Å². The molecule has 8 heteroatoms. The molecule has 0 fully saturated rings. The number of methoxy groups -OCH3 is 2. The van der Waals surface area contributed by atoms with E-state index in [9.17, 15) is 9.59 Å². The maximum Gasteiger partial charge on any atom is 0.234 e. The van der Waals surface area contributed by atoms with E-state index < -0.39 is 0 Å². The SMILES string of the molecule is COc1ccc(NC(=O)CSCC(=O)Nc2ccc(Cl)cc2)cc1OC. The van der Waals surface area contributed by atoms with E-state index in [-0.39, 0.29) is 23.3 Å². The monoisotopic (exact) mass is 394 g/mol. The zero-order chi connectivity index (χ0) is 18.9. The summed E-state index contributed by atoms with van der Waals surface area (Å²) >= 11 is 7.02. The zero-order valence-corrected chi connectivity index (χ0v) is 15.9. The summed E-state index contributed by atoms with van der Waals surface area (Å²) in [5.74, 6) is 1.04. The molecule has 2 aromatic rings. The van der Waals surface area contributed by atoms with Crippen molar-refractivity contribution in [1.29, 1.82) is 0 Å². The van der Waals surface area contributed by atoms with Crippen LogP contribution in [0.3, 0.4) is 0 Å². The summed E-state index contributed by atoms with van der Waals surface area (Å²) in [4.78, 5) is 23.9. The highest BCUT2D eigenvalue weighted by molar-refractivity contribution is 8.00. The summed E-state index contributed by atoms with van der Waals surface area (Å²) in [5.41, 5.74) is 1.26. The van der Waals surface area contributed by atoms with Crippen LogP contribution in [0, 0.1) is 0 Å². The first-order valence-corrected chi connectivity index (χ1v) is 9.20. The zero-order valence-electron chi connectivity index (χ0n) is 14.4. The van der Waals surface area contributed by atoms with Gasteiger partial charge in [0.2, 0.25) is 11.8 Å². The average Bonchev–Trinajstić information content (AvgIpc) is 2.63. The van der Waals surface area contributed by atoms with Gasteiger partial charge in [0.05, 0.1) is 25.7 Å². The molecule has 26 heavy (non-hydrogen) atoms. The summed E-state index contributed by atoms with van der Waals surface area (Å²) in [5, 5.41) is 6.10. The Morgan fingerprint density at radius 2 is 1.42 bits per heavy atom. The molecule has 0 unspecified atom stereocenters. The number of rotatable bonds is 8. The van der Waals surface area contributed by atoms with Gasteiger partial charge in [0, 0.05) is 22.5 Å². The number of halogens is 1. The van der Waals surface area contributed by atoms with Gasteiger partial charge in [-0.1, -0.05) is 11.6 Å². The van der Waals surface area contributed by atoms with Crippen LogP contribution in [0.4, 0.5) is 11.4 Å². The van der Waals surface area contributed by atoms with Crippen LogP contribution in [0.1, 0.15) is 0 Å². The van der Waals surface area contributed by atoms with Crippen molar-refractivity contribution < 1.29 is 19.1 Å². The fourth-order valence-corrected chi connectivity index (χ4v) is 2.82. The lowest BCUT2D eigenvalue weighted by Crippen LogP contribution is -2.18. The van der Waals surface area contributed by atoms with E-state index in [1.165, 1.54) is 18.9 Å². The Kier molecular flexibility index (Phi) is 7.62. The number of ether oxygens (including phenoxy) is 2. The maximum absolute atomic E-state index is 12.0. The Hall–Kier alpha value is -2.38. The summed E-state index contributed by atoms with van der Waals surface area (Å²) < 4.78 is 10.3. The molecule has 0 radical (unpaired) electrons. The highest BCUT2D eigenvalue weighted by Gasteiger charge is 2.09. The number of nitrogens with one attached hydrogen (secondary N) is 2. The highest BCUT2D eigenvalue weighted by Crippen LogP contribution is 2.29. The van der Waals surface area contributed by atoms with Gasteiger partial charge >= 0.3 is 0 Å². The molecule has 138 valence electrons. The molecule has 2 amide bonds. The molecule has 0 saturated heterocycles. The van der Waals surface area contributed by atoms with Crippen LogP contribution in [0.5, 0.6) is 11.5 Å². The molecule has 0 spiro atoms. The fraction of sp³-hybridized carbons (Fsp3) is 0.222. The van der Waals surface area contributed by atoms with Crippen LogP contribution >= 0.6 is 23.4 Å². The molecule has 0 aliphatic rings. The van der Waals surface area contributed by atoms with Crippen molar-refractivity contribution >= 4 is 46.6 Å². The van der Waals surface area contributed by atoms with E-state index in [4.69, 9.17) is 21.1 Å². The number of benzene rings is 2. The minimum Gasteiger partial charge on any atom is -0.493 e. The summed E-state index contributed by atoms with van der Waals surface area (Å²) in [7, 11) is 3.07. The Labute approximate surface area is 161 Å². The first kappa shape index (κ1) is 19.9. The van der Waals surface area contributed by atoms with E-state index in [1.807, 2.05) is 0 Å². The lowest BCUT2D eigenvalue weighted by Gasteiger charge is -2.10.